The van der Waals surface area contributed by atoms with E-state index < -0.39 is 0 Å². The Hall–Kier alpha value is -2.53. The fraction of sp³-hybridized carbons (Fsp3) is 0.176. The summed E-state index contributed by atoms with van der Waals surface area (Å²) in [5, 5.41) is 15.2. The summed E-state index contributed by atoms with van der Waals surface area (Å²) in [7, 11) is 0. The second-order valence-corrected chi connectivity index (χ2v) is 5.80. The van der Waals surface area contributed by atoms with Gasteiger partial charge in [0.1, 0.15) is 5.75 Å². The van der Waals surface area contributed by atoms with Crippen molar-refractivity contribution in [3.05, 3.63) is 58.1 Å². The van der Waals surface area contributed by atoms with Crippen molar-refractivity contribution in [1.82, 2.24) is 5.32 Å². The van der Waals surface area contributed by atoms with Crippen molar-refractivity contribution in [1.29, 1.82) is 0 Å². The van der Waals surface area contributed by atoms with Crippen molar-refractivity contribution in [2.24, 2.45) is 0 Å². The summed E-state index contributed by atoms with van der Waals surface area (Å²) in [6, 6.07) is 10.2. The highest BCUT2D eigenvalue weighted by Crippen LogP contribution is 2.24. The molecular formula is C17H15ClN2O3. The lowest BCUT2D eigenvalue weighted by atomic mass is 10.1. The maximum atomic E-state index is 12.0. The van der Waals surface area contributed by atoms with Crippen LogP contribution in [0.25, 0.3) is 0 Å². The van der Waals surface area contributed by atoms with Crippen LogP contribution in [-0.4, -0.2) is 16.9 Å². The van der Waals surface area contributed by atoms with Crippen LogP contribution in [0.4, 0.5) is 5.69 Å². The molecule has 0 aromatic heterocycles. The number of anilines is 1. The number of hydrogen-bond acceptors (Lipinski definition) is 3. The van der Waals surface area contributed by atoms with Gasteiger partial charge in [0, 0.05) is 24.2 Å². The van der Waals surface area contributed by atoms with Crippen molar-refractivity contribution in [2.45, 2.75) is 19.4 Å². The standard InChI is InChI=1S/C17H15ClN2O3/c18-14-7-10(1-5-15(14)21)2-6-16(22)20-12-4-3-11-9-19-17(23)13(11)8-12/h1,3-5,7-8,21H,2,6,9H2,(H,19,23)(H,20,22). The molecule has 0 radical (unpaired) electrons. The number of nitrogens with one attached hydrogen (secondary N) is 2. The van der Waals surface area contributed by atoms with Gasteiger partial charge in [0.2, 0.25) is 5.91 Å². The van der Waals surface area contributed by atoms with Crippen LogP contribution in [0.5, 0.6) is 5.75 Å². The molecule has 0 aliphatic carbocycles. The minimum Gasteiger partial charge on any atom is -0.506 e. The van der Waals surface area contributed by atoms with Crippen LogP contribution >= 0.6 is 11.6 Å². The molecule has 0 fully saturated rings. The number of carbonyl (C=O) groups excluding carboxylic acids is 2. The number of hydrogen-bond donors (Lipinski definition) is 3. The summed E-state index contributed by atoms with van der Waals surface area (Å²) in [6.45, 7) is 0.532. The first-order valence-corrected chi connectivity index (χ1v) is 7.59. The monoisotopic (exact) mass is 330 g/mol. The second-order valence-electron chi connectivity index (χ2n) is 5.39. The third-order valence-corrected chi connectivity index (χ3v) is 4.03. The molecule has 2 aromatic rings. The lowest BCUT2D eigenvalue weighted by Gasteiger charge is -2.07. The van der Waals surface area contributed by atoms with Crippen LogP contribution in [0.3, 0.4) is 0 Å². The smallest absolute Gasteiger partial charge is 0.251 e. The first kappa shape index (κ1) is 15.4. The average molecular weight is 331 g/mol. The number of rotatable bonds is 4. The van der Waals surface area contributed by atoms with Crippen LogP contribution in [0.2, 0.25) is 5.02 Å². The van der Waals surface area contributed by atoms with Gasteiger partial charge >= 0.3 is 0 Å². The number of carbonyl (C=O) groups is 2. The highest BCUT2D eigenvalue weighted by Gasteiger charge is 2.19. The van der Waals surface area contributed by atoms with Gasteiger partial charge in [0.05, 0.1) is 5.02 Å². The van der Waals surface area contributed by atoms with Gasteiger partial charge in [0.25, 0.3) is 5.91 Å². The van der Waals surface area contributed by atoms with E-state index in [0.29, 0.717) is 24.2 Å². The van der Waals surface area contributed by atoms with E-state index in [1.54, 1.807) is 24.3 Å². The Morgan fingerprint density at radius 3 is 2.87 bits per heavy atom. The molecule has 118 valence electrons. The first-order chi connectivity index (χ1) is 11.0. The number of aryl methyl sites for hydroxylation is 1. The van der Waals surface area contributed by atoms with Crippen molar-refractivity contribution in [2.75, 3.05) is 5.32 Å². The summed E-state index contributed by atoms with van der Waals surface area (Å²) < 4.78 is 0. The third kappa shape index (κ3) is 3.46. The van der Waals surface area contributed by atoms with Gasteiger partial charge in [-0.2, -0.15) is 0 Å². The molecule has 0 atom stereocenters. The lowest BCUT2D eigenvalue weighted by molar-refractivity contribution is -0.116. The van der Waals surface area contributed by atoms with Crippen LogP contribution in [0, 0.1) is 0 Å². The molecule has 5 nitrogen and oxygen atoms in total. The summed E-state index contributed by atoms with van der Waals surface area (Å²) in [5.41, 5.74) is 3.02. The Morgan fingerprint density at radius 2 is 2.09 bits per heavy atom. The minimum absolute atomic E-state index is 0.0243. The Morgan fingerprint density at radius 1 is 1.26 bits per heavy atom. The molecule has 1 heterocycles. The maximum Gasteiger partial charge on any atom is 0.251 e. The number of halogens is 1. The van der Waals surface area contributed by atoms with Gasteiger partial charge in [-0.15, -0.1) is 0 Å². The summed E-state index contributed by atoms with van der Waals surface area (Å²) in [5.74, 6) is -0.237. The molecule has 0 unspecified atom stereocenters. The van der Waals surface area contributed by atoms with Gasteiger partial charge in [0.15, 0.2) is 0 Å². The number of aromatic hydroxyl groups is 1. The third-order valence-electron chi connectivity index (χ3n) is 3.73. The SMILES string of the molecule is O=C(CCc1ccc(O)c(Cl)c1)Nc1ccc2c(c1)C(=O)NC2. The molecule has 3 N–H and O–H groups in total. The van der Waals surface area contributed by atoms with Gasteiger partial charge in [-0.3, -0.25) is 9.59 Å². The molecule has 0 saturated heterocycles. The number of fused-ring (bicyclic) bond motifs is 1. The first-order valence-electron chi connectivity index (χ1n) is 7.21. The Labute approximate surface area is 138 Å². The van der Waals surface area contributed by atoms with E-state index >= 15 is 0 Å². The number of amides is 2. The summed E-state index contributed by atoms with van der Waals surface area (Å²) >= 11 is 5.84. The average Bonchev–Trinajstić information content (AvgIpc) is 2.90. The van der Waals surface area contributed by atoms with Crippen LogP contribution < -0.4 is 10.6 Å². The zero-order valence-electron chi connectivity index (χ0n) is 12.2. The molecule has 0 saturated carbocycles. The molecule has 3 rings (SSSR count). The summed E-state index contributed by atoms with van der Waals surface area (Å²) in [4.78, 5) is 23.6. The van der Waals surface area contributed by atoms with E-state index in [9.17, 15) is 14.7 Å². The van der Waals surface area contributed by atoms with E-state index in [2.05, 4.69) is 10.6 Å². The molecule has 0 bridgehead atoms. The minimum atomic E-state index is -0.146. The van der Waals surface area contributed by atoms with Crippen LogP contribution in [0.1, 0.15) is 27.9 Å². The largest absolute Gasteiger partial charge is 0.506 e. The second kappa shape index (κ2) is 6.30. The molecule has 2 amide bonds. The fourth-order valence-electron chi connectivity index (χ4n) is 2.48. The van der Waals surface area contributed by atoms with Crippen LogP contribution in [0.15, 0.2) is 36.4 Å². The molecule has 1 aliphatic heterocycles. The van der Waals surface area contributed by atoms with E-state index in [1.165, 1.54) is 6.07 Å². The fourth-order valence-corrected chi connectivity index (χ4v) is 2.68. The molecule has 1 aliphatic rings. The molecule has 23 heavy (non-hydrogen) atoms. The van der Waals surface area contributed by atoms with Gasteiger partial charge in [-0.25, -0.2) is 0 Å². The molecule has 2 aromatic carbocycles. The maximum absolute atomic E-state index is 12.0. The molecule has 0 spiro atoms. The number of phenolic OH excluding ortho intramolecular Hbond substituents is 1. The van der Waals surface area contributed by atoms with Gasteiger partial charge in [-0.05, 0) is 41.8 Å². The van der Waals surface area contributed by atoms with E-state index in [-0.39, 0.29) is 29.0 Å². The zero-order chi connectivity index (χ0) is 16.4. The number of benzene rings is 2. The topological polar surface area (TPSA) is 78.4 Å². The normalized spacial score (nSPS) is 12.7. The van der Waals surface area contributed by atoms with Crippen molar-refractivity contribution in [3.63, 3.8) is 0 Å². The van der Waals surface area contributed by atoms with Gasteiger partial charge in [-0.1, -0.05) is 23.7 Å². The Bertz CT molecular complexity index is 789. The highest BCUT2D eigenvalue weighted by molar-refractivity contribution is 6.32. The van der Waals surface area contributed by atoms with E-state index in [0.717, 1.165) is 11.1 Å². The van der Waals surface area contributed by atoms with Crippen molar-refractivity contribution >= 4 is 29.1 Å². The quantitative estimate of drug-likeness (QED) is 0.806. The zero-order valence-corrected chi connectivity index (χ0v) is 13.0. The predicted octanol–water partition coefficient (Wildman–Crippen LogP) is 2.86. The Balaban J connectivity index is 1.60. The summed E-state index contributed by atoms with van der Waals surface area (Å²) in [6.07, 6.45) is 0.793. The number of phenols is 1. The predicted molar refractivity (Wildman–Crippen MR) is 87.7 cm³/mol. The van der Waals surface area contributed by atoms with Crippen molar-refractivity contribution < 1.29 is 14.7 Å². The van der Waals surface area contributed by atoms with Gasteiger partial charge < -0.3 is 15.7 Å². The Kier molecular flexibility index (Phi) is 4.21. The molecular weight excluding hydrogens is 316 g/mol. The lowest BCUT2D eigenvalue weighted by Crippen LogP contribution is -2.14. The van der Waals surface area contributed by atoms with Crippen molar-refractivity contribution in [3.8, 4) is 5.75 Å². The van der Waals surface area contributed by atoms with E-state index in [1.807, 2.05) is 6.07 Å². The van der Waals surface area contributed by atoms with E-state index in [4.69, 9.17) is 11.6 Å². The highest BCUT2D eigenvalue weighted by atomic mass is 35.5. The molecule has 6 heteroatoms. The van der Waals surface area contributed by atoms with Crippen LogP contribution in [-0.2, 0) is 17.8 Å².